The Hall–Kier alpha value is 0. The molecule has 0 N–H and O–H groups in total. The summed E-state index contributed by atoms with van der Waals surface area (Å²) in [5.41, 5.74) is 1.88. The van der Waals surface area contributed by atoms with E-state index in [1.807, 2.05) is 0 Å². The van der Waals surface area contributed by atoms with Gasteiger partial charge >= 0.3 is 0 Å². The van der Waals surface area contributed by atoms with Crippen LogP contribution in [0, 0.1) is 21.7 Å². The van der Waals surface area contributed by atoms with Gasteiger partial charge < -0.3 is 0 Å². The van der Waals surface area contributed by atoms with Gasteiger partial charge in [0.2, 0.25) is 0 Å². The molecule has 1 aliphatic carbocycles. The van der Waals surface area contributed by atoms with E-state index in [1.165, 1.54) is 6.42 Å². The van der Waals surface area contributed by atoms with Crippen molar-refractivity contribution in [2.45, 2.75) is 61.8 Å². The van der Waals surface area contributed by atoms with Crippen molar-refractivity contribution < 1.29 is 0 Å². The Morgan fingerprint density at radius 3 is 1.31 bits per heavy atom. The second-order valence-corrected chi connectivity index (χ2v) is 7.27. The minimum atomic E-state index is 0.423. The van der Waals surface area contributed by atoms with Gasteiger partial charge in [0, 0.05) is 0 Å². The first-order valence-electron chi connectivity index (χ1n) is 5.46. The van der Waals surface area contributed by atoms with E-state index in [1.54, 1.807) is 0 Å². The second kappa shape index (κ2) is 2.32. The quantitative estimate of drug-likeness (QED) is 0.517. The van der Waals surface area contributed by atoms with Gasteiger partial charge in [-0.05, 0) is 28.1 Å². The Kier molecular flexibility index (Phi) is 1.98. The molecule has 0 radical (unpaired) electrons. The Bertz CT molecular complexity index is 215. The number of rotatable bonds is 0. The normalized spacial score (nSPS) is 36.9. The zero-order valence-corrected chi connectivity index (χ0v) is 10.7. The van der Waals surface area contributed by atoms with E-state index < -0.39 is 0 Å². The van der Waals surface area contributed by atoms with Crippen molar-refractivity contribution >= 4 is 0 Å². The zero-order valence-electron chi connectivity index (χ0n) is 10.7. The smallest absolute Gasteiger partial charge is 0.0216 e. The van der Waals surface area contributed by atoms with Gasteiger partial charge in [-0.15, -0.1) is 0 Å². The van der Waals surface area contributed by atoms with Crippen LogP contribution in [0.15, 0.2) is 0 Å². The molecule has 0 aliphatic heterocycles. The summed E-state index contributed by atoms with van der Waals surface area (Å²) in [6.07, 6.45) is 1.36. The van der Waals surface area contributed by atoms with Crippen LogP contribution in [0.2, 0.25) is 0 Å². The Labute approximate surface area is 84.1 Å². The summed E-state index contributed by atoms with van der Waals surface area (Å²) in [6.45, 7) is 19.3. The molecule has 0 aromatic heterocycles. The molecule has 1 unspecified atom stereocenters. The van der Waals surface area contributed by atoms with Crippen molar-refractivity contribution in [1.82, 2.24) is 0 Å². The molecule has 1 rings (SSSR count). The minimum Gasteiger partial charge on any atom is -0.0596 e. The summed E-state index contributed by atoms with van der Waals surface area (Å²) in [7, 11) is 0. The van der Waals surface area contributed by atoms with Gasteiger partial charge in [-0.25, -0.2) is 0 Å². The lowest BCUT2D eigenvalue weighted by molar-refractivity contribution is -0.222. The van der Waals surface area contributed by atoms with Crippen LogP contribution >= 0.6 is 0 Å². The fourth-order valence-corrected chi connectivity index (χ4v) is 3.17. The summed E-state index contributed by atoms with van der Waals surface area (Å²) in [4.78, 5) is 0. The average Bonchev–Trinajstić information content (AvgIpc) is 1.83. The summed E-state index contributed by atoms with van der Waals surface area (Å²) >= 11 is 0. The van der Waals surface area contributed by atoms with E-state index in [9.17, 15) is 0 Å². The van der Waals surface area contributed by atoms with Crippen molar-refractivity contribution in [3.05, 3.63) is 0 Å². The fourth-order valence-electron chi connectivity index (χ4n) is 3.17. The van der Waals surface area contributed by atoms with Crippen LogP contribution < -0.4 is 0 Å². The first-order chi connectivity index (χ1) is 5.46. The zero-order chi connectivity index (χ0) is 10.7. The van der Waals surface area contributed by atoms with Crippen LogP contribution in [0.25, 0.3) is 0 Å². The van der Waals surface area contributed by atoms with Crippen LogP contribution in [0.5, 0.6) is 0 Å². The second-order valence-electron chi connectivity index (χ2n) is 7.27. The lowest BCUT2D eigenvalue weighted by atomic mass is 9.34. The van der Waals surface area contributed by atoms with E-state index in [0.717, 1.165) is 0 Å². The summed E-state index contributed by atoms with van der Waals surface area (Å²) in [5.74, 6) is 0. The maximum Gasteiger partial charge on any atom is -0.0216 e. The van der Waals surface area contributed by atoms with E-state index in [4.69, 9.17) is 0 Å². The first-order valence-corrected chi connectivity index (χ1v) is 5.46. The molecule has 0 saturated heterocycles. The third kappa shape index (κ3) is 1.10. The van der Waals surface area contributed by atoms with Gasteiger partial charge in [-0.3, -0.25) is 0 Å². The highest BCUT2D eigenvalue weighted by atomic mass is 14.7. The van der Waals surface area contributed by atoms with Crippen LogP contribution in [0.4, 0.5) is 0 Å². The molecule has 0 heterocycles. The summed E-state index contributed by atoms with van der Waals surface area (Å²) in [6, 6.07) is 0. The molecule has 78 valence electrons. The highest BCUT2D eigenvalue weighted by Gasteiger charge is 2.65. The van der Waals surface area contributed by atoms with Crippen molar-refractivity contribution in [3.8, 4) is 0 Å². The van der Waals surface area contributed by atoms with Gasteiger partial charge in [-0.1, -0.05) is 55.4 Å². The van der Waals surface area contributed by atoms with E-state index in [-0.39, 0.29) is 0 Å². The maximum absolute atomic E-state index is 2.46. The largest absolute Gasteiger partial charge is 0.0596 e. The van der Waals surface area contributed by atoms with Crippen LogP contribution in [-0.2, 0) is 0 Å². The molecule has 0 amide bonds. The Morgan fingerprint density at radius 1 is 0.846 bits per heavy atom. The monoisotopic (exact) mass is 182 g/mol. The van der Waals surface area contributed by atoms with Gasteiger partial charge in [0.15, 0.2) is 0 Å². The van der Waals surface area contributed by atoms with Crippen molar-refractivity contribution in [2.24, 2.45) is 21.7 Å². The Morgan fingerprint density at radius 2 is 1.23 bits per heavy atom. The molecule has 0 bridgehead atoms. The average molecular weight is 182 g/mol. The minimum absolute atomic E-state index is 0.423. The third-order valence-corrected chi connectivity index (χ3v) is 5.52. The van der Waals surface area contributed by atoms with Crippen molar-refractivity contribution in [3.63, 3.8) is 0 Å². The lowest BCUT2D eigenvalue weighted by Gasteiger charge is -2.71. The Balaban J connectivity index is 3.02. The van der Waals surface area contributed by atoms with Gasteiger partial charge in [0.1, 0.15) is 0 Å². The topological polar surface area (TPSA) is 0 Å². The highest BCUT2D eigenvalue weighted by Crippen LogP contribution is 2.73. The number of hydrogen-bond acceptors (Lipinski definition) is 0. The molecule has 0 aromatic carbocycles. The van der Waals surface area contributed by atoms with Crippen LogP contribution in [0.1, 0.15) is 61.8 Å². The van der Waals surface area contributed by atoms with E-state index in [0.29, 0.717) is 21.7 Å². The fraction of sp³-hybridized carbons (Fsp3) is 1.00. The molecule has 0 nitrogen and oxygen atoms in total. The van der Waals surface area contributed by atoms with Crippen LogP contribution in [0.3, 0.4) is 0 Å². The third-order valence-electron chi connectivity index (χ3n) is 5.52. The van der Waals surface area contributed by atoms with Crippen molar-refractivity contribution in [1.29, 1.82) is 0 Å². The molecule has 1 aliphatic rings. The highest BCUT2D eigenvalue weighted by molar-refractivity contribution is 5.14. The molecule has 1 saturated carbocycles. The van der Waals surface area contributed by atoms with Crippen LogP contribution in [-0.4, -0.2) is 0 Å². The molecule has 0 spiro atoms. The first kappa shape index (κ1) is 11.1. The molecular weight excluding hydrogens is 156 g/mol. The standard InChI is InChI=1S/C13H26/c1-10(2,3)13(8)9-11(4,5)12(13,6)7/h9H2,1-8H3. The molecule has 0 aromatic rings. The predicted octanol–water partition coefficient (Wildman–Crippen LogP) is 4.49. The van der Waals surface area contributed by atoms with Gasteiger partial charge in [0.05, 0.1) is 0 Å². The van der Waals surface area contributed by atoms with Crippen molar-refractivity contribution in [2.75, 3.05) is 0 Å². The van der Waals surface area contributed by atoms with E-state index >= 15 is 0 Å². The van der Waals surface area contributed by atoms with E-state index in [2.05, 4.69) is 55.4 Å². The lowest BCUT2D eigenvalue weighted by Crippen LogP contribution is -2.63. The molecule has 1 fully saturated rings. The molecule has 13 heavy (non-hydrogen) atoms. The SMILES string of the molecule is CC(C)(C)C1(C)CC(C)(C)C1(C)C. The molecule has 1 atom stereocenters. The maximum atomic E-state index is 2.46. The van der Waals surface area contributed by atoms with Gasteiger partial charge in [-0.2, -0.15) is 0 Å². The number of hydrogen-bond donors (Lipinski definition) is 0. The summed E-state index contributed by atoms with van der Waals surface area (Å²) < 4.78 is 0. The predicted molar refractivity (Wildman–Crippen MR) is 59.7 cm³/mol. The molecular formula is C13H26. The van der Waals surface area contributed by atoms with Gasteiger partial charge in [0.25, 0.3) is 0 Å². The molecule has 0 heteroatoms. The summed E-state index contributed by atoms with van der Waals surface area (Å²) in [5, 5.41) is 0.